The maximum atomic E-state index is 13.8. The fraction of sp³-hybridized carbons (Fsp3) is 0.167. The van der Waals surface area contributed by atoms with E-state index in [2.05, 4.69) is 5.32 Å². The van der Waals surface area contributed by atoms with Crippen molar-refractivity contribution < 1.29 is 28.3 Å². The molecule has 0 saturated heterocycles. The van der Waals surface area contributed by atoms with Gasteiger partial charge in [0.25, 0.3) is 5.91 Å². The van der Waals surface area contributed by atoms with E-state index in [0.29, 0.717) is 0 Å². The summed E-state index contributed by atoms with van der Waals surface area (Å²) in [5, 5.41) is 11.0. The smallest absolute Gasteiger partial charge is 0.303 e. The van der Waals surface area contributed by atoms with E-state index in [1.165, 1.54) is 30.3 Å². The second-order valence-corrected chi connectivity index (χ2v) is 5.53. The number of carboxylic acids is 1. The van der Waals surface area contributed by atoms with Gasteiger partial charge in [0.05, 0.1) is 5.56 Å². The third-order valence-corrected chi connectivity index (χ3v) is 3.69. The summed E-state index contributed by atoms with van der Waals surface area (Å²) in [6.07, 6.45) is -0.478. The van der Waals surface area contributed by atoms with Gasteiger partial charge in [0, 0.05) is 12.0 Å². The van der Waals surface area contributed by atoms with Crippen LogP contribution in [0.3, 0.4) is 0 Å². The molecule has 2 aromatic rings. The van der Waals surface area contributed by atoms with Gasteiger partial charge >= 0.3 is 5.97 Å². The van der Waals surface area contributed by atoms with Crippen LogP contribution in [0, 0.1) is 11.6 Å². The van der Waals surface area contributed by atoms with E-state index >= 15 is 0 Å². The number of rotatable bonds is 7. The van der Waals surface area contributed by atoms with Crippen LogP contribution in [0.25, 0.3) is 11.1 Å². The summed E-state index contributed by atoms with van der Waals surface area (Å²) < 4.78 is 27.6. The van der Waals surface area contributed by atoms with Crippen LogP contribution in [0.4, 0.5) is 8.78 Å². The second kappa shape index (κ2) is 8.19. The minimum atomic E-state index is -1.14. The first-order valence-corrected chi connectivity index (χ1v) is 7.66. The van der Waals surface area contributed by atoms with Gasteiger partial charge in [-0.05, 0) is 36.2 Å². The lowest BCUT2D eigenvalue weighted by atomic mass is 10.0. The Kier molecular flexibility index (Phi) is 6.00. The van der Waals surface area contributed by atoms with Gasteiger partial charge in [0.2, 0.25) is 5.91 Å². The molecule has 0 bridgehead atoms. The van der Waals surface area contributed by atoms with Gasteiger partial charge in [0.15, 0.2) is 0 Å². The molecule has 26 heavy (non-hydrogen) atoms. The minimum absolute atomic E-state index is 0.132. The number of aliphatic carboxylic acids is 1. The molecule has 6 nitrogen and oxygen atoms in total. The van der Waals surface area contributed by atoms with Gasteiger partial charge in [-0.1, -0.05) is 18.2 Å². The van der Waals surface area contributed by atoms with Gasteiger partial charge in [0.1, 0.15) is 17.7 Å². The van der Waals surface area contributed by atoms with Crippen LogP contribution in [0.5, 0.6) is 0 Å². The van der Waals surface area contributed by atoms with Crippen LogP contribution in [0.2, 0.25) is 0 Å². The lowest BCUT2D eigenvalue weighted by Crippen LogP contribution is -2.44. The third-order valence-electron chi connectivity index (χ3n) is 3.69. The van der Waals surface area contributed by atoms with Gasteiger partial charge in [-0.15, -0.1) is 0 Å². The number of benzene rings is 2. The number of carboxylic acid groups (broad SMARTS) is 1. The van der Waals surface area contributed by atoms with E-state index in [1.807, 2.05) is 0 Å². The lowest BCUT2D eigenvalue weighted by molar-refractivity contribution is -0.137. The SMILES string of the molecule is NC(=O)[C@H](CCC(=O)O)NC(=O)c1ccc(-c2c(F)cccc2F)cc1. The minimum Gasteiger partial charge on any atom is -0.481 e. The Labute approximate surface area is 147 Å². The summed E-state index contributed by atoms with van der Waals surface area (Å²) in [6.45, 7) is 0. The molecule has 8 heteroatoms. The van der Waals surface area contributed by atoms with E-state index in [4.69, 9.17) is 10.8 Å². The number of hydrogen-bond donors (Lipinski definition) is 3. The van der Waals surface area contributed by atoms with E-state index < -0.39 is 35.5 Å². The molecule has 2 amide bonds. The van der Waals surface area contributed by atoms with Gasteiger partial charge in [-0.2, -0.15) is 0 Å². The van der Waals surface area contributed by atoms with Crippen molar-refractivity contribution in [2.75, 3.05) is 0 Å². The topological polar surface area (TPSA) is 109 Å². The zero-order valence-corrected chi connectivity index (χ0v) is 13.5. The monoisotopic (exact) mass is 362 g/mol. The molecule has 0 heterocycles. The normalized spacial score (nSPS) is 11.6. The highest BCUT2D eigenvalue weighted by Gasteiger charge is 2.20. The molecule has 0 aromatic heterocycles. The largest absolute Gasteiger partial charge is 0.481 e. The fourth-order valence-electron chi connectivity index (χ4n) is 2.36. The highest BCUT2D eigenvalue weighted by molar-refractivity contribution is 5.97. The fourth-order valence-corrected chi connectivity index (χ4v) is 2.36. The Bertz CT molecular complexity index is 817. The molecule has 0 aliphatic carbocycles. The molecule has 2 rings (SSSR count). The van der Waals surface area contributed by atoms with E-state index in [-0.39, 0.29) is 29.5 Å². The number of primary amides is 1. The lowest BCUT2D eigenvalue weighted by Gasteiger charge is -2.14. The molecule has 0 fully saturated rings. The third kappa shape index (κ3) is 4.62. The maximum Gasteiger partial charge on any atom is 0.303 e. The predicted molar refractivity (Wildman–Crippen MR) is 89.1 cm³/mol. The maximum absolute atomic E-state index is 13.8. The van der Waals surface area contributed by atoms with Crippen LogP contribution in [0.1, 0.15) is 23.2 Å². The average molecular weight is 362 g/mol. The molecule has 1 atom stereocenters. The Hall–Kier alpha value is -3.29. The Morgan fingerprint density at radius 1 is 1.04 bits per heavy atom. The Morgan fingerprint density at radius 3 is 2.12 bits per heavy atom. The summed E-state index contributed by atoms with van der Waals surface area (Å²) >= 11 is 0. The van der Waals surface area contributed by atoms with Crippen molar-refractivity contribution in [1.29, 1.82) is 0 Å². The molecule has 0 saturated carbocycles. The number of halogens is 2. The van der Waals surface area contributed by atoms with Crippen molar-refractivity contribution in [3.05, 3.63) is 59.7 Å². The number of nitrogens with one attached hydrogen (secondary N) is 1. The summed E-state index contributed by atoms with van der Waals surface area (Å²) in [5.74, 6) is -4.10. The summed E-state index contributed by atoms with van der Waals surface area (Å²) in [4.78, 5) is 34.1. The highest BCUT2D eigenvalue weighted by atomic mass is 19.1. The number of nitrogens with two attached hydrogens (primary N) is 1. The van der Waals surface area contributed by atoms with Crippen LogP contribution in [0.15, 0.2) is 42.5 Å². The molecule has 0 radical (unpaired) electrons. The predicted octanol–water partition coefficient (Wildman–Crippen LogP) is 2.08. The van der Waals surface area contributed by atoms with E-state index in [9.17, 15) is 23.2 Å². The van der Waals surface area contributed by atoms with Gasteiger partial charge < -0.3 is 16.2 Å². The Morgan fingerprint density at radius 2 is 1.62 bits per heavy atom. The van der Waals surface area contributed by atoms with Crippen molar-refractivity contribution in [1.82, 2.24) is 5.32 Å². The van der Waals surface area contributed by atoms with E-state index in [1.54, 1.807) is 0 Å². The zero-order chi connectivity index (χ0) is 19.3. The standard InChI is InChI=1S/C18H16F2N2O4/c19-12-2-1-3-13(20)16(12)10-4-6-11(7-5-10)18(26)22-14(17(21)25)8-9-15(23)24/h1-7,14H,8-9H2,(H2,21,25)(H,22,26)(H,23,24)/t14-/m0/s1. The molecular weight excluding hydrogens is 346 g/mol. The molecule has 4 N–H and O–H groups in total. The molecule has 0 unspecified atom stereocenters. The van der Waals surface area contributed by atoms with Crippen LogP contribution >= 0.6 is 0 Å². The quantitative estimate of drug-likeness (QED) is 0.700. The van der Waals surface area contributed by atoms with Crippen LogP contribution < -0.4 is 11.1 Å². The molecular formula is C18H16F2N2O4. The average Bonchev–Trinajstić information content (AvgIpc) is 2.58. The van der Waals surface area contributed by atoms with Gasteiger partial charge in [-0.3, -0.25) is 14.4 Å². The number of hydrogen-bond acceptors (Lipinski definition) is 3. The van der Waals surface area contributed by atoms with Crippen molar-refractivity contribution >= 4 is 17.8 Å². The second-order valence-electron chi connectivity index (χ2n) is 5.53. The van der Waals surface area contributed by atoms with Gasteiger partial charge in [-0.25, -0.2) is 8.78 Å². The molecule has 0 spiro atoms. The van der Waals surface area contributed by atoms with Crippen molar-refractivity contribution in [2.24, 2.45) is 5.73 Å². The summed E-state index contributed by atoms with van der Waals surface area (Å²) in [6, 6.07) is 7.77. The highest BCUT2D eigenvalue weighted by Crippen LogP contribution is 2.26. The number of carbonyl (C=O) groups is 3. The molecule has 2 aromatic carbocycles. The van der Waals surface area contributed by atoms with Crippen molar-refractivity contribution in [3.8, 4) is 11.1 Å². The molecule has 0 aliphatic rings. The van der Waals surface area contributed by atoms with Crippen molar-refractivity contribution in [2.45, 2.75) is 18.9 Å². The van der Waals surface area contributed by atoms with Crippen LogP contribution in [-0.4, -0.2) is 28.9 Å². The number of amides is 2. The first-order valence-electron chi connectivity index (χ1n) is 7.66. The molecule has 0 aliphatic heterocycles. The first kappa shape index (κ1) is 19.0. The Balaban J connectivity index is 2.15. The summed E-state index contributed by atoms with van der Waals surface area (Å²) in [7, 11) is 0. The van der Waals surface area contributed by atoms with Crippen molar-refractivity contribution in [3.63, 3.8) is 0 Å². The molecule has 136 valence electrons. The van der Waals surface area contributed by atoms with Crippen LogP contribution in [-0.2, 0) is 9.59 Å². The summed E-state index contributed by atoms with van der Waals surface area (Å²) in [5.41, 5.74) is 5.32. The van der Waals surface area contributed by atoms with E-state index in [0.717, 1.165) is 12.1 Å². The number of carbonyl (C=O) groups excluding carboxylic acids is 2. The zero-order valence-electron chi connectivity index (χ0n) is 13.5. The first-order chi connectivity index (χ1) is 12.3.